The topological polar surface area (TPSA) is 12.9 Å². The maximum atomic E-state index is 4.00. The van der Waals surface area contributed by atoms with E-state index in [1.807, 2.05) is 12.3 Å². The Kier molecular flexibility index (Phi) is 2.97. The number of hydrogen-bond donors (Lipinski definition) is 0. The molecule has 9 heavy (non-hydrogen) atoms. The van der Waals surface area contributed by atoms with Gasteiger partial charge < -0.3 is 0 Å². The monoisotopic (exact) mass is 233 g/mol. The molecule has 1 rings (SSSR count). The summed E-state index contributed by atoms with van der Waals surface area (Å²) in [6, 6.07) is 4.08. The van der Waals surface area contributed by atoms with Crippen molar-refractivity contribution in [2.45, 2.75) is 6.42 Å². The van der Waals surface area contributed by atoms with E-state index in [-0.39, 0.29) is 0 Å². The molecule has 2 heteroatoms. The number of halogens is 1. The molecule has 0 aliphatic rings. The minimum absolute atomic E-state index is 1.13. The van der Waals surface area contributed by atoms with Gasteiger partial charge in [0.25, 0.3) is 0 Å². The van der Waals surface area contributed by atoms with Crippen LogP contribution in [0.1, 0.15) is 5.56 Å². The number of hydrogen-bond acceptors (Lipinski definition) is 1. The third-order valence-electron chi connectivity index (χ3n) is 1.11. The lowest BCUT2D eigenvalue weighted by molar-refractivity contribution is 1.13. The molecule has 1 aromatic heterocycles. The summed E-state index contributed by atoms with van der Waals surface area (Å²) >= 11 is 2.36. The summed E-state index contributed by atoms with van der Waals surface area (Å²) in [5.41, 5.74) is 1.33. The first kappa shape index (κ1) is 6.99. The normalized spacial score (nSPS) is 9.44. The molecule has 0 aliphatic heterocycles. The van der Waals surface area contributed by atoms with Gasteiger partial charge in [-0.2, -0.15) is 0 Å². The van der Waals surface area contributed by atoms with E-state index in [0.29, 0.717) is 0 Å². The highest BCUT2D eigenvalue weighted by atomic mass is 127. The highest BCUT2D eigenvalue weighted by molar-refractivity contribution is 14.1. The van der Waals surface area contributed by atoms with Crippen molar-refractivity contribution in [3.63, 3.8) is 0 Å². The molecular formula is C7H8IN. The zero-order valence-electron chi connectivity index (χ0n) is 5.05. The van der Waals surface area contributed by atoms with Gasteiger partial charge in [-0.15, -0.1) is 0 Å². The van der Waals surface area contributed by atoms with Crippen LogP contribution in [0.15, 0.2) is 24.5 Å². The molecule has 0 amide bonds. The van der Waals surface area contributed by atoms with Crippen LogP contribution in [0.2, 0.25) is 0 Å². The van der Waals surface area contributed by atoms with Crippen LogP contribution in [0, 0.1) is 0 Å². The van der Waals surface area contributed by atoms with Crippen LogP contribution in [-0.4, -0.2) is 9.41 Å². The first-order chi connectivity index (χ1) is 4.43. The SMILES string of the molecule is ICCc1cccnc1. The Bertz CT molecular complexity index is 162. The van der Waals surface area contributed by atoms with Crippen molar-refractivity contribution in [2.75, 3.05) is 4.43 Å². The highest BCUT2D eigenvalue weighted by Crippen LogP contribution is 1.98. The number of aryl methyl sites for hydroxylation is 1. The van der Waals surface area contributed by atoms with Crippen molar-refractivity contribution in [2.24, 2.45) is 0 Å². The molecule has 0 aromatic carbocycles. The predicted octanol–water partition coefficient (Wildman–Crippen LogP) is 2.06. The van der Waals surface area contributed by atoms with Crippen molar-refractivity contribution >= 4 is 22.6 Å². The largest absolute Gasteiger partial charge is 0.264 e. The molecule has 1 nitrogen and oxygen atoms in total. The minimum atomic E-state index is 1.13. The second-order valence-electron chi connectivity index (χ2n) is 1.80. The van der Waals surface area contributed by atoms with Gasteiger partial charge in [-0.25, -0.2) is 0 Å². The summed E-state index contributed by atoms with van der Waals surface area (Å²) in [6.45, 7) is 0. The third kappa shape index (κ3) is 2.30. The molecular weight excluding hydrogens is 225 g/mol. The minimum Gasteiger partial charge on any atom is -0.264 e. The Morgan fingerprint density at radius 1 is 1.56 bits per heavy atom. The van der Waals surface area contributed by atoms with E-state index >= 15 is 0 Å². The Hall–Kier alpha value is -0.120. The first-order valence-corrected chi connectivity index (χ1v) is 4.41. The maximum absolute atomic E-state index is 4.00. The van der Waals surface area contributed by atoms with Crippen LogP contribution in [0.25, 0.3) is 0 Å². The van der Waals surface area contributed by atoms with E-state index in [4.69, 9.17) is 0 Å². The average Bonchev–Trinajstić information content (AvgIpc) is 1.91. The molecule has 0 unspecified atom stereocenters. The average molecular weight is 233 g/mol. The fraction of sp³-hybridized carbons (Fsp3) is 0.286. The molecule has 0 radical (unpaired) electrons. The molecule has 0 spiro atoms. The van der Waals surface area contributed by atoms with Gasteiger partial charge >= 0.3 is 0 Å². The maximum Gasteiger partial charge on any atom is 0.0300 e. The van der Waals surface area contributed by atoms with E-state index in [2.05, 4.69) is 33.6 Å². The summed E-state index contributed by atoms with van der Waals surface area (Å²) < 4.78 is 1.17. The van der Waals surface area contributed by atoms with Gasteiger partial charge in [0.2, 0.25) is 0 Å². The van der Waals surface area contributed by atoms with Gasteiger partial charge in [0.15, 0.2) is 0 Å². The van der Waals surface area contributed by atoms with E-state index < -0.39 is 0 Å². The van der Waals surface area contributed by atoms with Crippen LogP contribution in [-0.2, 0) is 6.42 Å². The van der Waals surface area contributed by atoms with Gasteiger partial charge in [0.05, 0.1) is 0 Å². The molecule has 0 aliphatic carbocycles. The summed E-state index contributed by atoms with van der Waals surface area (Å²) in [4.78, 5) is 4.00. The number of aromatic nitrogens is 1. The first-order valence-electron chi connectivity index (χ1n) is 2.88. The number of rotatable bonds is 2. The highest BCUT2D eigenvalue weighted by Gasteiger charge is 1.86. The van der Waals surface area contributed by atoms with Crippen LogP contribution < -0.4 is 0 Å². The zero-order chi connectivity index (χ0) is 6.53. The Morgan fingerprint density at radius 2 is 2.44 bits per heavy atom. The standard InChI is InChI=1S/C7H8IN/c8-4-3-7-2-1-5-9-6-7/h1-2,5-6H,3-4H2. The molecule has 0 saturated carbocycles. The zero-order valence-corrected chi connectivity index (χ0v) is 7.21. The Balaban J connectivity index is 2.61. The van der Waals surface area contributed by atoms with Gasteiger partial charge in [-0.3, -0.25) is 4.98 Å². The number of pyridine rings is 1. The van der Waals surface area contributed by atoms with Gasteiger partial charge in [-0.1, -0.05) is 28.7 Å². The fourth-order valence-corrected chi connectivity index (χ4v) is 1.28. The van der Waals surface area contributed by atoms with Crippen molar-refractivity contribution in [1.82, 2.24) is 4.98 Å². The number of alkyl halides is 1. The smallest absolute Gasteiger partial charge is 0.0300 e. The summed E-state index contributed by atoms with van der Waals surface area (Å²) in [7, 11) is 0. The van der Waals surface area contributed by atoms with Crippen LogP contribution in [0.5, 0.6) is 0 Å². The molecule has 0 N–H and O–H groups in total. The van der Waals surface area contributed by atoms with Crippen molar-refractivity contribution < 1.29 is 0 Å². The second kappa shape index (κ2) is 3.82. The Labute approximate surface area is 68.6 Å². The molecule has 48 valence electrons. The molecule has 1 heterocycles. The van der Waals surface area contributed by atoms with E-state index in [0.717, 1.165) is 6.42 Å². The second-order valence-corrected chi connectivity index (χ2v) is 2.88. The Morgan fingerprint density at radius 3 is 3.00 bits per heavy atom. The van der Waals surface area contributed by atoms with Gasteiger partial charge in [0.1, 0.15) is 0 Å². The van der Waals surface area contributed by atoms with Crippen molar-refractivity contribution in [3.05, 3.63) is 30.1 Å². The lowest BCUT2D eigenvalue weighted by atomic mass is 10.2. The number of nitrogens with zero attached hydrogens (tertiary/aromatic N) is 1. The lowest BCUT2D eigenvalue weighted by Gasteiger charge is -1.92. The van der Waals surface area contributed by atoms with Crippen molar-refractivity contribution in [3.8, 4) is 0 Å². The van der Waals surface area contributed by atoms with Crippen LogP contribution >= 0.6 is 22.6 Å². The summed E-state index contributed by atoms with van der Waals surface area (Å²) in [5, 5.41) is 0. The molecule has 0 fully saturated rings. The van der Waals surface area contributed by atoms with Crippen LogP contribution in [0.4, 0.5) is 0 Å². The van der Waals surface area contributed by atoms with Gasteiger partial charge in [0, 0.05) is 16.8 Å². The fourth-order valence-electron chi connectivity index (χ4n) is 0.655. The van der Waals surface area contributed by atoms with E-state index in [1.165, 1.54) is 9.99 Å². The van der Waals surface area contributed by atoms with Gasteiger partial charge in [-0.05, 0) is 18.1 Å². The van der Waals surface area contributed by atoms with E-state index in [1.54, 1.807) is 6.20 Å². The predicted molar refractivity (Wildman–Crippen MR) is 46.8 cm³/mol. The molecule has 0 bridgehead atoms. The quantitative estimate of drug-likeness (QED) is 0.562. The molecule has 1 aromatic rings. The third-order valence-corrected chi connectivity index (χ3v) is 1.65. The molecule has 0 atom stereocenters. The van der Waals surface area contributed by atoms with Crippen molar-refractivity contribution in [1.29, 1.82) is 0 Å². The molecule has 0 saturated heterocycles. The summed E-state index contributed by atoms with van der Waals surface area (Å²) in [5.74, 6) is 0. The van der Waals surface area contributed by atoms with E-state index in [9.17, 15) is 0 Å². The summed E-state index contributed by atoms with van der Waals surface area (Å²) in [6.07, 6.45) is 4.85. The lowest BCUT2D eigenvalue weighted by Crippen LogP contribution is -1.84. The van der Waals surface area contributed by atoms with Crippen LogP contribution in [0.3, 0.4) is 0 Å².